The zero-order valence-corrected chi connectivity index (χ0v) is 15.8. The zero-order valence-electron chi connectivity index (χ0n) is 15.8. The smallest absolute Gasteiger partial charge is 0.338 e. The van der Waals surface area contributed by atoms with Gasteiger partial charge in [-0.2, -0.15) is 4.80 Å². The van der Waals surface area contributed by atoms with Gasteiger partial charge >= 0.3 is 5.97 Å². The van der Waals surface area contributed by atoms with E-state index in [0.717, 1.165) is 0 Å². The van der Waals surface area contributed by atoms with Gasteiger partial charge in [0.2, 0.25) is 11.7 Å². The minimum absolute atomic E-state index is 0.0147. The van der Waals surface area contributed by atoms with Crippen LogP contribution in [0.25, 0.3) is 11.4 Å². The first kappa shape index (κ1) is 19.6. The number of hydrogen-bond donors (Lipinski definition) is 1. The molecule has 0 aliphatic heterocycles. The summed E-state index contributed by atoms with van der Waals surface area (Å²) in [7, 11) is 0. The van der Waals surface area contributed by atoms with E-state index in [2.05, 4.69) is 20.7 Å². The normalized spacial score (nSPS) is 12.3. The van der Waals surface area contributed by atoms with Crippen molar-refractivity contribution >= 4 is 11.9 Å². The second-order valence-electron chi connectivity index (χ2n) is 6.78. The average molecular weight is 359 g/mol. The van der Waals surface area contributed by atoms with Crippen LogP contribution in [0, 0.1) is 5.92 Å². The van der Waals surface area contributed by atoms with Crippen molar-refractivity contribution in [2.24, 2.45) is 5.92 Å². The number of esters is 1. The van der Waals surface area contributed by atoms with Gasteiger partial charge in [0.25, 0.3) is 0 Å². The Labute approximate surface area is 152 Å². The maximum Gasteiger partial charge on any atom is 0.338 e. The average Bonchev–Trinajstić information content (AvgIpc) is 3.02. The molecule has 1 heterocycles. The molecule has 1 aromatic carbocycles. The van der Waals surface area contributed by atoms with Gasteiger partial charge in [-0.3, -0.25) is 4.79 Å². The van der Waals surface area contributed by atoms with E-state index < -0.39 is 5.97 Å². The minimum atomic E-state index is -0.406. The second kappa shape index (κ2) is 8.55. The number of carbonyl (C=O) groups excluding carboxylic acids is 2. The van der Waals surface area contributed by atoms with Crippen LogP contribution in [-0.4, -0.2) is 44.2 Å². The van der Waals surface area contributed by atoms with Crippen LogP contribution in [0.2, 0.25) is 0 Å². The molecule has 2 aromatic rings. The number of nitrogens with one attached hydrogen (secondary N) is 1. The van der Waals surface area contributed by atoms with Crippen molar-refractivity contribution < 1.29 is 14.3 Å². The lowest BCUT2D eigenvalue weighted by atomic mass is 10.1. The molecule has 2 rings (SSSR count). The highest BCUT2D eigenvalue weighted by molar-refractivity contribution is 5.90. The van der Waals surface area contributed by atoms with E-state index in [4.69, 9.17) is 4.74 Å². The molecule has 8 heteroatoms. The Bertz CT molecular complexity index is 770. The first-order valence-corrected chi connectivity index (χ1v) is 8.65. The van der Waals surface area contributed by atoms with Crippen LogP contribution in [0.3, 0.4) is 0 Å². The molecule has 0 saturated carbocycles. The molecule has 0 bridgehead atoms. The fraction of sp³-hybridized carbons (Fsp3) is 0.500. The van der Waals surface area contributed by atoms with Crippen molar-refractivity contribution in [2.75, 3.05) is 0 Å². The number of aromatic nitrogens is 4. The van der Waals surface area contributed by atoms with Crippen molar-refractivity contribution in [3.05, 3.63) is 29.8 Å². The fourth-order valence-corrected chi connectivity index (χ4v) is 2.09. The number of amides is 1. The zero-order chi connectivity index (χ0) is 19.3. The van der Waals surface area contributed by atoms with Crippen LogP contribution in [0.15, 0.2) is 24.3 Å². The molecule has 0 aliphatic rings. The van der Waals surface area contributed by atoms with Crippen molar-refractivity contribution in [2.45, 2.75) is 53.3 Å². The molecule has 0 saturated heterocycles. The summed E-state index contributed by atoms with van der Waals surface area (Å²) >= 11 is 0. The van der Waals surface area contributed by atoms with Crippen molar-refractivity contribution in [1.82, 2.24) is 25.5 Å². The highest BCUT2D eigenvalue weighted by Gasteiger charge is 2.15. The maximum atomic E-state index is 12.0. The highest BCUT2D eigenvalue weighted by Crippen LogP contribution is 2.16. The van der Waals surface area contributed by atoms with E-state index in [-0.39, 0.29) is 24.6 Å². The molecular weight excluding hydrogens is 334 g/mol. The predicted molar refractivity (Wildman–Crippen MR) is 96.2 cm³/mol. The van der Waals surface area contributed by atoms with Gasteiger partial charge in [0, 0.05) is 11.6 Å². The van der Waals surface area contributed by atoms with Gasteiger partial charge in [-0.25, -0.2) is 4.79 Å². The Hall–Kier alpha value is -2.77. The molecule has 1 amide bonds. The third-order valence-electron chi connectivity index (χ3n) is 3.83. The van der Waals surface area contributed by atoms with E-state index in [0.29, 0.717) is 22.9 Å². The number of ether oxygens (including phenoxy) is 1. The monoisotopic (exact) mass is 359 g/mol. The van der Waals surface area contributed by atoms with Gasteiger partial charge in [-0.1, -0.05) is 26.0 Å². The first-order chi connectivity index (χ1) is 12.3. The number of hydrogen-bond acceptors (Lipinski definition) is 6. The van der Waals surface area contributed by atoms with Crippen LogP contribution in [-0.2, 0) is 16.1 Å². The van der Waals surface area contributed by atoms with Gasteiger partial charge in [0.05, 0.1) is 11.7 Å². The summed E-state index contributed by atoms with van der Waals surface area (Å²) in [5.41, 5.74) is 1.04. The minimum Gasteiger partial charge on any atom is -0.459 e. The molecular formula is C18H25N5O3. The number of tetrazole rings is 1. The van der Waals surface area contributed by atoms with Crippen molar-refractivity contribution in [3.8, 4) is 11.4 Å². The molecule has 0 fully saturated rings. The van der Waals surface area contributed by atoms with E-state index >= 15 is 0 Å². The third kappa shape index (κ3) is 5.37. The molecule has 0 radical (unpaired) electrons. The lowest BCUT2D eigenvalue weighted by molar-refractivity contribution is -0.123. The Morgan fingerprint density at radius 3 is 2.58 bits per heavy atom. The van der Waals surface area contributed by atoms with E-state index in [1.807, 2.05) is 20.8 Å². The molecule has 140 valence electrons. The summed E-state index contributed by atoms with van der Waals surface area (Å²) in [6.07, 6.45) is -0.197. The topological polar surface area (TPSA) is 99.0 Å². The Morgan fingerprint density at radius 2 is 1.92 bits per heavy atom. The Balaban J connectivity index is 2.07. The SMILES string of the molecule is CC(C)OC(=O)c1cccc(-c2nnn(CC(=O)NC(C)C(C)C)n2)c1. The molecule has 1 atom stereocenters. The van der Waals surface area contributed by atoms with E-state index in [1.54, 1.807) is 38.1 Å². The lowest BCUT2D eigenvalue weighted by Gasteiger charge is -2.16. The van der Waals surface area contributed by atoms with Gasteiger partial charge in [-0.05, 0) is 44.0 Å². The van der Waals surface area contributed by atoms with Gasteiger partial charge in [-0.15, -0.1) is 10.2 Å². The number of benzene rings is 1. The summed E-state index contributed by atoms with van der Waals surface area (Å²) in [5.74, 6) is 0.0983. The van der Waals surface area contributed by atoms with Crippen molar-refractivity contribution in [3.63, 3.8) is 0 Å². The van der Waals surface area contributed by atoms with Crippen LogP contribution in [0.1, 0.15) is 45.0 Å². The number of carbonyl (C=O) groups is 2. The summed E-state index contributed by atoms with van der Waals surface area (Å²) < 4.78 is 5.19. The molecule has 26 heavy (non-hydrogen) atoms. The molecule has 0 aliphatic carbocycles. The Morgan fingerprint density at radius 1 is 1.19 bits per heavy atom. The summed E-state index contributed by atoms with van der Waals surface area (Å²) in [6, 6.07) is 6.87. The largest absolute Gasteiger partial charge is 0.459 e. The highest BCUT2D eigenvalue weighted by atomic mass is 16.5. The van der Waals surface area contributed by atoms with Crippen LogP contribution >= 0.6 is 0 Å². The lowest BCUT2D eigenvalue weighted by Crippen LogP contribution is -2.38. The summed E-state index contributed by atoms with van der Waals surface area (Å²) in [6.45, 7) is 9.59. The van der Waals surface area contributed by atoms with Gasteiger partial charge in [0.15, 0.2) is 0 Å². The number of nitrogens with zero attached hydrogens (tertiary/aromatic N) is 4. The predicted octanol–water partition coefficient (Wildman–Crippen LogP) is 2.07. The van der Waals surface area contributed by atoms with Crippen LogP contribution in [0.5, 0.6) is 0 Å². The quantitative estimate of drug-likeness (QED) is 0.760. The summed E-state index contributed by atoms with van der Waals surface area (Å²) in [5, 5.41) is 15.0. The number of rotatable bonds is 7. The molecule has 1 N–H and O–H groups in total. The summed E-state index contributed by atoms with van der Waals surface area (Å²) in [4.78, 5) is 25.3. The molecule has 0 spiro atoms. The first-order valence-electron chi connectivity index (χ1n) is 8.65. The molecule has 1 unspecified atom stereocenters. The fourth-order valence-electron chi connectivity index (χ4n) is 2.09. The standard InChI is InChI=1S/C18H25N5O3/c1-11(2)13(5)19-16(24)10-23-21-17(20-22-23)14-7-6-8-15(9-14)18(25)26-12(3)4/h6-9,11-13H,10H2,1-5H3,(H,19,24). The molecule has 1 aromatic heterocycles. The van der Waals surface area contributed by atoms with E-state index in [1.165, 1.54) is 4.80 Å². The third-order valence-corrected chi connectivity index (χ3v) is 3.83. The van der Waals surface area contributed by atoms with Crippen LogP contribution in [0.4, 0.5) is 0 Å². The maximum absolute atomic E-state index is 12.0. The van der Waals surface area contributed by atoms with Gasteiger partial charge < -0.3 is 10.1 Å². The second-order valence-corrected chi connectivity index (χ2v) is 6.78. The van der Waals surface area contributed by atoms with Crippen molar-refractivity contribution in [1.29, 1.82) is 0 Å². The Kier molecular flexibility index (Phi) is 6.43. The van der Waals surface area contributed by atoms with Crippen LogP contribution < -0.4 is 5.32 Å². The molecule has 8 nitrogen and oxygen atoms in total. The van der Waals surface area contributed by atoms with E-state index in [9.17, 15) is 9.59 Å². The van der Waals surface area contributed by atoms with Gasteiger partial charge in [0.1, 0.15) is 6.54 Å².